The second-order valence-electron chi connectivity index (χ2n) is 13.4. The number of nitrogens with one attached hydrogen (secondary N) is 2. The molecular weight excluding hydrogens is 572 g/mol. The number of nitriles is 1. The third-order valence-corrected chi connectivity index (χ3v) is 13.4. The zero-order chi connectivity index (χ0) is 29.4. The molecule has 4 heterocycles. The number of hydrogen-bond donors (Lipinski definition) is 2. The number of carbonyl (C=O) groups is 2. The van der Waals surface area contributed by atoms with Crippen LogP contribution >= 0.6 is 23.4 Å². The molecular formula is C31H47ClN6O3S. The number of hydrogen-bond acceptors (Lipinski definition) is 9. The lowest BCUT2D eigenvalue weighted by Crippen LogP contribution is -2.75. The second-order valence-corrected chi connectivity index (χ2v) is 15.4. The summed E-state index contributed by atoms with van der Waals surface area (Å²) in [5.74, 6) is 2.33. The average molecular weight is 619 g/mol. The topological polar surface area (TPSA) is 101 Å². The lowest BCUT2D eigenvalue weighted by Gasteiger charge is -2.56. The maximum atomic E-state index is 14.6. The largest absolute Gasteiger partial charge is 0.348 e. The summed E-state index contributed by atoms with van der Waals surface area (Å²) in [6, 6.07) is 2.16. The third kappa shape index (κ3) is 5.92. The minimum Gasteiger partial charge on any atom is -0.348 e. The number of fused-ring (bicyclic) bond motifs is 2. The van der Waals surface area contributed by atoms with Gasteiger partial charge in [0.15, 0.2) is 12.1 Å². The molecule has 0 aromatic rings. The Morgan fingerprint density at radius 1 is 1.19 bits per heavy atom. The van der Waals surface area contributed by atoms with Gasteiger partial charge < -0.3 is 14.5 Å². The summed E-state index contributed by atoms with van der Waals surface area (Å²) in [5, 5.41) is 17.2. The van der Waals surface area contributed by atoms with Crippen LogP contribution in [0, 0.1) is 29.1 Å². The van der Waals surface area contributed by atoms with Gasteiger partial charge in [-0.1, -0.05) is 13.0 Å². The number of amides is 1. The van der Waals surface area contributed by atoms with Gasteiger partial charge in [-0.15, -0.1) is 23.4 Å². The molecule has 232 valence electrons. The van der Waals surface area contributed by atoms with Gasteiger partial charge in [0.2, 0.25) is 5.91 Å². The number of likely N-dealkylation sites (tertiary alicyclic amines) is 1. The zero-order valence-corrected chi connectivity index (χ0v) is 26.5. The molecule has 4 aliphatic heterocycles. The fourth-order valence-electron chi connectivity index (χ4n) is 8.76. The standard InChI is InChI=1S/C31H47ClN6O3S/c1-3-26(39)38-15-14-37(17-21(38)10-12-33)29-23-9-11-31(16-20-6-4-8-25(32)24(20)19-42-31)28(40)27(23)34-30(35-29)41-18-22-7-5-13-36(22)2/h3,20-25,27,29-30,34-35H,1,4-11,13-19H2,2H3/t20?,21?,22?,23?,24?,25?,27?,29?,30?,31-/m1/s1. The number of piperazine rings is 1. The molecule has 2 saturated carbocycles. The quantitative estimate of drug-likeness (QED) is 0.344. The zero-order valence-electron chi connectivity index (χ0n) is 24.9. The van der Waals surface area contributed by atoms with E-state index in [1.54, 1.807) is 4.90 Å². The highest BCUT2D eigenvalue weighted by Gasteiger charge is 2.57. The van der Waals surface area contributed by atoms with Crippen molar-refractivity contribution in [3.05, 3.63) is 12.7 Å². The van der Waals surface area contributed by atoms with Crippen molar-refractivity contribution in [3.8, 4) is 6.07 Å². The molecule has 9 unspecified atom stereocenters. The third-order valence-electron chi connectivity index (χ3n) is 11.2. The Kier molecular flexibility index (Phi) is 9.57. The van der Waals surface area contributed by atoms with Crippen molar-refractivity contribution in [2.75, 3.05) is 45.6 Å². The Bertz CT molecular complexity index is 1080. The van der Waals surface area contributed by atoms with E-state index >= 15 is 0 Å². The molecule has 6 rings (SSSR count). The molecule has 0 aromatic heterocycles. The Morgan fingerprint density at radius 3 is 2.81 bits per heavy atom. The van der Waals surface area contributed by atoms with Crippen molar-refractivity contribution in [3.63, 3.8) is 0 Å². The lowest BCUT2D eigenvalue weighted by atomic mass is 9.67. The van der Waals surface area contributed by atoms with E-state index in [1.165, 1.54) is 18.9 Å². The van der Waals surface area contributed by atoms with Crippen molar-refractivity contribution < 1.29 is 14.3 Å². The molecule has 0 radical (unpaired) electrons. The van der Waals surface area contributed by atoms with Crippen LogP contribution in [0.15, 0.2) is 12.7 Å². The molecule has 0 bridgehead atoms. The molecule has 6 fully saturated rings. The van der Waals surface area contributed by atoms with Gasteiger partial charge in [-0.25, -0.2) is 0 Å². The molecule has 11 heteroatoms. The van der Waals surface area contributed by atoms with E-state index in [0.29, 0.717) is 49.9 Å². The number of thioether (sulfide) groups is 1. The minimum absolute atomic E-state index is 0.0747. The van der Waals surface area contributed by atoms with Crippen LogP contribution in [0.2, 0.25) is 0 Å². The van der Waals surface area contributed by atoms with E-state index in [9.17, 15) is 14.9 Å². The number of likely N-dealkylation sites (N-methyl/N-ethyl adjacent to an activating group) is 1. The number of ether oxygens (including phenoxy) is 1. The maximum absolute atomic E-state index is 14.6. The van der Waals surface area contributed by atoms with Gasteiger partial charge in [-0.3, -0.25) is 25.1 Å². The van der Waals surface area contributed by atoms with Gasteiger partial charge in [0.05, 0.1) is 42.1 Å². The lowest BCUT2D eigenvalue weighted by molar-refractivity contribution is -0.145. The van der Waals surface area contributed by atoms with Crippen molar-refractivity contribution >= 4 is 35.1 Å². The molecule has 1 spiro atoms. The van der Waals surface area contributed by atoms with Crippen LogP contribution < -0.4 is 10.6 Å². The van der Waals surface area contributed by atoms with Gasteiger partial charge in [0.1, 0.15) is 0 Å². The Balaban J connectivity index is 1.22. The Morgan fingerprint density at radius 2 is 2.05 bits per heavy atom. The SMILES string of the molecule is C=CC(=O)N1CCN(C2NC(OCC3CCCN3C)NC3C(=O)[C@@]4(CCC32)CC2CCCC(Cl)C2CS4)CC1CC#N. The first kappa shape index (κ1) is 30.8. The molecule has 0 aromatic carbocycles. The van der Waals surface area contributed by atoms with Gasteiger partial charge in [-0.2, -0.15) is 5.26 Å². The first-order valence-electron chi connectivity index (χ1n) is 16.0. The van der Waals surface area contributed by atoms with Crippen molar-refractivity contribution in [2.24, 2.45) is 17.8 Å². The fourth-order valence-corrected chi connectivity index (χ4v) is 11.2. The highest BCUT2D eigenvalue weighted by Crippen LogP contribution is 2.54. The van der Waals surface area contributed by atoms with Crippen LogP contribution in [0.4, 0.5) is 0 Å². The molecule has 4 saturated heterocycles. The number of rotatable bonds is 6. The van der Waals surface area contributed by atoms with Gasteiger partial charge in [0, 0.05) is 37.0 Å². The predicted molar refractivity (Wildman–Crippen MR) is 165 cm³/mol. The Hall–Kier alpha value is -1.19. The van der Waals surface area contributed by atoms with E-state index in [0.717, 1.165) is 50.8 Å². The first-order chi connectivity index (χ1) is 20.3. The summed E-state index contributed by atoms with van der Waals surface area (Å²) in [5.41, 5.74) is 0. The van der Waals surface area contributed by atoms with E-state index in [2.05, 4.69) is 40.1 Å². The molecule has 9 nitrogen and oxygen atoms in total. The van der Waals surface area contributed by atoms with Crippen LogP contribution in [0.5, 0.6) is 0 Å². The molecule has 6 aliphatic rings. The number of Topliss-reactive ketones (excluding diaryl/α,β-unsaturated/α-hetero) is 1. The molecule has 42 heavy (non-hydrogen) atoms. The highest BCUT2D eigenvalue weighted by molar-refractivity contribution is 8.01. The predicted octanol–water partition coefficient (Wildman–Crippen LogP) is 2.76. The van der Waals surface area contributed by atoms with E-state index in [4.69, 9.17) is 16.3 Å². The number of nitrogens with zero attached hydrogens (tertiary/aromatic N) is 4. The summed E-state index contributed by atoms with van der Waals surface area (Å²) in [6.07, 6.45) is 9.63. The molecule has 2 aliphatic carbocycles. The smallest absolute Gasteiger partial charge is 0.246 e. The van der Waals surface area contributed by atoms with Crippen LogP contribution in [0.25, 0.3) is 0 Å². The fraction of sp³-hybridized carbons (Fsp3) is 0.839. The summed E-state index contributed by atoms with van der Waals surface area (Å²) in [7, 11) is 2.15. The molecule has 10 atom stereocenters. The number of carbonyl (C=O) groups excluding carboxylic acids is 2. The van der Waals surface area contributed by atoms with Crippen molar-refractivity contribution in [2.45, 2.75) is 98.6 Å². The van der Waals surface area contributed by atoms with Crippen LogP contribution in [-0.2, 0) is 14.3 Å². The number of alkyl halides is 1. The Labute approximate surface area is 260 Å². The van der Waals surface area contributed by atoms with Crippen LogP contribution in [-0.4, -0.2) is 113 Å². The van der Waals surface area contributed by atoms with E-state index < -0.39 is 6.35 Å². The summed E-state index contributed by atoms with van der Waals surface area (Å²) in [4.78, 5) is 33.7. The van der Waals surface area contributed by atoms with E-state index in [-0.39, 0.29) is 46.6 Å². The van der Waals surface area contributed by atoms with Gasteiger partial charge in [0.25, 0.3) is 0 Å². The maximum Gasteiger partial charge on any atom is 0.246 e. The van der Waals surface area contributed by atoms with Crippen LogP contribution in [0.1, 0.15) is 57.8 Å². The average Bonchev–Trinajstić information content (AvgIpc) is 3.42. The first-order valence-corrected chi connectivity index (χ1v) is 17.5. The summed E-state index contributed by atoms with van der Waals surface area (Å²) >= 11 is 8.65. The normalized spacial score (nSPS) is 43.0. The number of halogens is 1. The molecule has 1 amide bonds. The number of ketones is 1. The van der Waals surface area contributed by atoms with Crippen molar-refractivity contribution in [1.29, 1.82) is 5.26 Å². The summed E-state index contributed by atoms with van der Waals surface area (Å²) < 4.78 is 6.14. The van der Waals surface area contributed by atoms with E-state index in [1.807, 2.05) is 11.8 Å². The highest BCUT2D eigenvalue weighted by atomic mass is 35.5. The van der Waals surface area contributed by atoms with Gasteiger partial charge in [-0.05, 0) is 82.2 Å². The van der Waals surface area contributed by atoms with Gasteiger partial charge >= 0.3 is 0 Å². The summed E-state index contributed by atoms with van der Waals surface area (Å²) in [6.45, 7) is 7.16. The second kappa shape index (κ2) is 13.0. The minimum atomic E-state index is -0.435. The monoisotopic (exact) mass is 618 g/mol. The molecule has 2 N–H and O–H groups in total. The van der Waals surface area contributed by atoms with Crippen molar-refractivity contribution in [1.82, 2.24) is 25.3 Å². The van der Waals surface area contributed by atoms with Crippen LogP contribution in [0.3, 0.4) is 0 Å².